The van der Waals surface area contributed by atoms with Gasteiger partial charge in [0.1, 0.15) is 0 Å². The van der Waals surface area contributed by atoms with Crippen LogP contribution in [0.1, 0.15) is 60.3 Å². The number of para-hydroxylation sites is 1. The molecule has 8 nitrogen and oxygen atoms in total. The molecular weight excluding hydrogens is 552 g/mol. The lowest BCUT2D eigenvalue weighted by atomic mass is 10.0. The van der Waals surface area contributed by atoms with Crippen molar-refractivity contribution in [1.29, 1.82) is 0 Å². The number of nitrogens with zero attached hydrogens (tertiary/aromatic N) is 4. The highest BCUT2D eigenvalue weighted by atomic mass is 16.6. The Kier molecular flexibility index (Phi) is 10.6. The summed E-state index contributed by atoms with van der Waals surface area (Å²) in [6.07, 6.45) is -1.29. The van der Waals surface area contributed by atoms with E-state index in [0.717, 1.165) is 38.4 Å². The minimum atomic E-state index is -0.800. The van der Waals surface area contributed by atoms with Crippen molar-refractivity contribution in [2.45, 2.75) is 67.3 Å². The highest BCUT2D eigenvalue weighted by Gasteiger charge is 2.25. The summed E-state index contributed by atoms with van der Waals surface area (Å²) in [5.74, 6) is -0.540. The van der Waals surface area contributed by atoms with Crippen molar-refractivity contribution >= 4 is 22.9 Å². The number of hydrogen-bond acceptors (Lipinski definition) is 6. The molecule has 5 rings (SSSR count). The quantitative estimate of drug-likeness (QED) is 0.217. The van der Waals surface area contributed by atoms with Crippen molar-refractivity contribution in [2.24, 2.45) is 5.41 Å². The second kappa shape index (κ2) is 14.2. The van der Waals surface area contributed by atoms with Crippen molar-refractivity contribution in [3.05, 3.63) is 88.9 Å². The molecule has 0 spiro atoms. The van der Waals surface area contributed by atoms with Gasteiger partial charge in [-0.05, 0) is 61.1 Å². The van der Waals surface area contributed by atoms with Crippen LogP contribution in [-0.4, -0.2) is 59.7 Å². The van der Waals surface area contributed by atoms with Crippen LogP contribution in [0.5, 0.6) is 0 Å². The van der Waals surface area contributed by atoms with E-state index in [4.69, 9.17) is 9.15 Å². The fraction of sp³-hybridized carbons (Fsp3) is 0.444. The van der Waals surface area contributed by atoms with Gasteiger partial charge in [-0.25, -0.2) is 14.2 Å². The van der Waals surface area contributed by atoms with E-state index in [1.165, 1.54) is 26.2 Å². The number of carbonyl (C=O) groups is 1. The van der Waals surface area contributed by atoms with Crippen LogP contribution >= 0.6 is 0 Å². The van der Waals surface area contributed by atoms with Crippen LogP contribution in [0.3, 0.4) is 0 Å². The molecule has 1 saturated heterocycles. The molecule has 1 unspecified atom stereocenters. The van der Waals surface area contributed by atoms with E-state index in [1.54, 1.807) is 14.0 Å². The maximum atomic E-state index is 12.9. The van der Waals surface area contributed by atoms with Gasteiger partial charge in [0.15, 0.2) is 11.8 Å². The molecule has 44 heavy (non-hydrogen) atoms. The summed E-state index contributed by atoms with van der Waals surface area (Å²) in [4.78, 5) is 31.5. The number of fused-ring (bicyclic) bond motifs is 1. The Morgan fingerprint density at radius 3 is 2.14 bits per heavy atom. The molecule has 1 aliphatic heterocycles. The van der Waals surface area contributed by atoms with E-state index in [9.17, 15) is 9.59 Å². The average Bonchev–Trinajstić information content (AvgIpc) is 3.33. The number of piperazine rings is 1. The molecule has 1 atom stereocenters. The van der Waals surface area contributed by atoms with E-state index in [-0.39, 0.29) is 6.04 Å². The Bertz CT molecular complexity index is 1570. The molecule has 1 fully saturated rings. The highest BCUT2D eigenvalue weighted by Crippen LogP contribution is 2.29. The molecule has 1 aliphatic rings. The van der Waals surface area contributed by atoms with Gasteiger partial charge in [-0.15, -0.1) is 0 Å². The lowest BCUT2D eigenvalue weighted by molar-refractivity contribution is 0.0369. The Morgan fingerprint density at radius 2 is 1.50 bits per heavy atom. The predicted molar refractivity (Wildman–Crippen MR) is 179 cm³/mol. The summed E-state index contributed by atoms with van der Waals surface area (Å²) in [5, 5.41) is 0. The Balaban J connectivity index is 0.000000818. The molecule has 236 valence electrons. The molecule has 4 aromatic rings. The number of amides is 1. The molecule has 2 heterocycles. The molecule has 0 N–H and O–H groups in total. The van der Waals surface area contributed by atoms with Gasteiger partial charge in [0.2, 0.25) is 0 Å². The number of carbonyl (C=O) groups excluding carboxylic acids is 1. The van der Waals surface area contributed by atoms with Gasteiger partial charge in [0, 0.05) is 45.8 Å². The first-order valence-electron chi connectivity index (χ1n) is 15.5. The van der Waals surface area contributed by atoms with Gasteiger partial charge in [-0.1, -0.05) is 82.3 Å². The van der Waals surface area contributed by atoms with Gasteiger partial charge in [-0.3, -0.25) is 4.90 Å². The normalized spacial score (nSPS) is 14.7. The van der Waals surface area contributed by atoms with Crippen LogP contribution in [0.4, 0.5) is 10.5 Å². The van der Waals surface area contributed by atoms with Gasteiger partial charge < -0.3 is 19.0 Å². The summed E-state index contributed by atoms with van der Waals surface area (Å²) >= 11 is 0. The Labute approximate surface area is 261 Å². The van der Waals surface area contributed by atoms with Crippen LogP contribution in [-0.2, 0) is 11.3 Å². The molecular formula is C36H48N4O4. The first kappa shape index (κ1) is 32.9. The first-order chi connectivity index (χ1) is 20.8. The van der Waals surface area contributed by atoms with Crippen molar-refractivity contribution in [3.8, 4) is 11.1 Å². The first-order valence-corrected chi connectivity index (χ1v) is 15.5. The van der Waals surface area contributed by atoms with Gasteiger partial charge in [-0.2, -0.15) is 0 Å². The fourth-order valence-corrected chi connectivity index (χ4v) is 5.01. The molecule has 0 aliphatic carbocycles. The van der Waals surface area contributed by atoms with Crippen molar-refractivity contribution in [2.75, 3.05) is 38.1 Å². The van der Waals surface area contributed by atoms with Crippen LogP contribution < -0.4 is 10.7 Å². The number of hydrogen-bond donors (Lipinski definition) is 0. The summed E-state index contributed by atoms with van der Waals surface area (Å²) in [6, 6.07) is 24.9. The number of oxazole rings is 1. The van der Waals surface area contributed by atoms with Gasteiger partial charge >= 0.3 is 11.8 Å². The maximum Gasteiger partial charge on any atom is 0.423 e. The van der Waals surface area contributed by atoms with E-state index in [0.29, 0.717) is 16.5 Å². The highest BCUT2D eigenvalue weighted by molar-refractivity contribution is 5.87. The molecule has 0 radical (unpaired) electrons. The van der Waals surface area contributed by atoms with E-state index >= 15 is 0 Å². The molecule has 0 bridgehead atoms. The van der Waals surface area contributed by atoms with E-state index in [1.807, 2.05) is 38.1 Å². The third-order valence-corrected chi connectivity index (χ3v) is 7.47. The topological polar surface area (TPSA) is 71.2 Å². The smallest absolute Gasteiger partial charge is 0.423 e. The molecule has 1 aromatic heterocycles. The maximum absolute atomic E-state index is 12.9. The minimum Gasteiger partial charge on any atom is -0.425 e. The van der Waals surface area contributed by atoms with Gasteiger partial charge in [0.25, 0.3) is 0 Å². The molecule has 1 amide bonds. The van der Waals surface area contributed by atoms with Crippen molar-refractivity contribution in [1.82, 2.24) is 14.4 Å². The zero-order chi connectivity index (χ0) is 32.0. The monoisotopic (exact) mass is 600 g/mol. The zero-order valence-electron chi connectivity index (χ0n) is 27.5. The largest absolute Gasteiger partial charge is 0.425 e. The lowest BCUT2D eigenvalue weighted by Gasteiger charge is -2.36. The van der Waals surface area contributed by atoms with Crippen molar-refractivity contribution in [3.63, 3.8) is 0 Å². The van der Waals surface area contributed by atoms with Gasteiger partial charge in [0.05, 0.1) is 11.2 Å². The van der Waals surface area contributed by atoms with E-state index in [2.05, 4.69) is 86.0 Å². The van der Waals surface area contributed by atoms with E-state index < -0.39 is 18.1 Å². The van der Waals surface area contributed by atoms with Crippen LogP contribution in [0.2, 0.25) is 0 Å². The summed E-state index contributed by atoms with van der Waals surface area (Å²) in [5.41, 5.74) is 6.26. The molecule has 0 saturated carbocycles. The number of aromatic nitrogens is 1. The van der Waals surface area contributed by atoms with Crippen LogP contribution in [0.15, 0.2) is 82.0 Å². The number of anilines is 1. The molecule has 3 aromatic carbocycles. The second-order valence-corrected chi connectivity index (χ2v) is 13.4. The number of benzene rings is 3. The van der Waals surface area contributed by atoms with Crippen LogP contribution in [0, 0.1) is 5.41 Å². The third kappa shape index (κ3) is 8.53. The molecule has 8 heteroatoms. The standard InChI is InChI=1S/C31H36N4O4.C5H12/c1-22(2)32(4)30(36)38-23(3)35-28-15-9-14-27(29(28)39-31(35)37)34-18-16-33(17-19-34)21-24-10-8-13-26(20-24)25-11-6-5-7-12-25;1-5(2,3)4/h5-15,20,22-23H,16-19,21H2,1-4H3;1-4H3. The summed E-state index contributed by atoms with van der Waals surface area (Å²) in [7, 11) is 1.67. The lowest BCUT2D eigenvalue weighted by Crippen LogP contribution is -2.46. The van der Waals surface area contributed by atoms with Crippen molar-refractivity contribution < 1.29 is 13.9 Å². The summed E-state index contributed by atoms with van der Waals surface area (Å²) in [6.45, 7) is 18.5. The third-order valence-electron chi connectivity index (χ3n) is 7.47. The summed E-state index contributed by atoms with van der Waals surface area (Å²) < 4.78 is 12.7. The predicted octanol–water partition coefficient (Wildman–Crippen LogP) is 7.63. The minimum absolute atomic E-state index is 0.0133. The second-order valence-electron chi connectivity index (χ2n) is 13.4. The Hall–Kier alpha value is -4.04. The van der Waals surface area contributed by atoms with Crippen LogP contribution in [0.25, 0.3) is 22.2 Å². The average molecular weight is 601 g/mol. The zero-order valence-corrected chi connectivity index (χ0v) is 27.5. The number of rotatable bonds is 7. The fourth-order valence-electron chi connectivity index (χ4n) is 5.01. The SMILES string of the molecule is CC(C)(C)C.CC(C)N(C)C(=O)OC(C)n1c(=O)oc2c(N3CCN(Cc4cccc(-c5ccccc5)c4)CC3)cccc21. The number of ether oxygens (including phenoxy) is 1. The Morgan fingerprint density at radius 1 is 0.886 bits per heavy atom.